The molecule has 25 heavy (non-hydrogen) atoms. The number of hydroxylamine groups is 1. The number of benzene rings is 2. The van der Waals surface area contributed by atoms with Crippen molar-refractivity contribution in [2.24, 2.45) is 0 Å². The maximum absolute atomic E-state index is 13.0. The van der Waals surface area contributed by atoms with Gasteiger partial charge in [-0.05, 0) is 31.2 Å². The number of fused-ring (bicyclic) bond motifs is 1. The second kappa shape index (κ2) is 6.65. The first kappa shape index (κ1) is 16.4. The highest BCUT2D eigenvalue weighted by molar-refractivity contribution is 9.09. The van der Waals surface area contributed by atoms with Crippen LogP contribution in [0.2, 0.25) is 0 Å². The van der Waals surface area contributed by atoms with Crippen LogP contribution < -0.4 is 10.5 Å². The Kier molecular flexibility index (Phi) is 4.36. The van der Waals surface area contributed by atoms with Crippen molar-refractivity contribution in [2.45, 2.75) is 25.5 Å². The van der Waals surface area contributed by atoms with Crippen LogP contribution in [0.25, 0.3) is 11.0 Å². The van der Waals surface area contributed by atoms with E-state index in [0.717, 1.165) is 12.1 Å². The van der Waals surface area contributed by atoms with Gasteiger partial charge in [-0.1, -0.05) is 45.8 Å². The number of para-hydroxylation sites is 1. The van der Waals surface area contributed by atoms with Crippen LogP contribution in [-0.4, -0.2) is 11.4 Å². The Balaban J connectivity index is 1.80. The monoisotopic (exact) mass is 399 g/mol. The SMILES string of the molecule is Cc1ccc(N2OC(CBr)CC2c2coc3ccccc3c2=O)cc1. The summed E-state index contributed by atoms with van der Waals surface area (Å²) >= 11 is 3.49. The smallest absolute Gasteiger partial charge is 0.198 e. The summed E-state index contributed by atoms with van der Waals surface area (Å²) in [5, 5.41) is 3.16. The third-order valence-corrected chi connectivity index (χ3v) is 5.28. The fraction of sp³-hybridized carbons (Fsp3) is 0.250. The van der Waals surface area contributed by atoms with Crippen LogP contribution >= 0.6 is 15.9 Å². The van der Waals surface area contributed by atoms with Gasteiger partial charge in [0, 0.05) is 11.8 Å². The van der Waals surface area contributed by atoms with Gasteiger partial charge in [0.15, 0.2) is 5.43 Å². The molecule has 1 aliphatic rings. The first-order chi connectivity index (χ1) is 12.2. The van der Waals surface area contributed by atoms with Gasteiger partial charge in [-0.3, -0.25) is 9.63 Å². The molecule has 2 atom stereocenters. The van der Waals surface area contributed by atoms with Crippen LogP contribution in [0.3, 0.4) is 0 Å². The third-order valence-electron chi connectivity index (χ3n) is 4.56. The Morgan fingerprint density at radius 2 is 1.92 bits per heavy atom. The molecule has 1 saturated heterocycles. The molecule has 4 rings (SSSR count). The lowest BCUT2D eigenvalue weighted by Crippen LogP contribution is -2.26. The van der Waals surface area contributed by atoms with Crippen LogP contribution in [0.5, 0.6) is 0 Å². The Bertz CT molecular complexity index is 951. The molecule has 0 N–H and O–H groups in total. The van der Waals surface area contributed by atoms with E-state index >= 15 is 0 Å². The summed E-state index contributed by atoms with van der Waals surface area (Å²) in [4.78, 5) is 19.1. The zero-order valence-electron chi connectivity index (χ0n) is 13.8. The number of nitrogens with zero attached hydrogens (tertiary/aromatic N) is 1. The third kappa shape index (κ3) is 2.98. The minimum Gasteiger partial charge on any atom is -0.464 e. The van der Waals surface area contributed by atoms with E-state index in [1.54, 1.807) is 12.3 Å². The summed E-state index contributed by atoms with van der Waals surface area (Å²) in [5.41, 5.74) is 3.35. The summed E-state index contributed by atoms with van der Waals surface area (Å²) in [6.45, 7) is 2.05. The molecule has 5 heteroatoms. The average molecular weight is 400 g/mol. The van der Waals surface area contributed by atoms with Gasteiger partial charge < -0.3 is 4.42 Å². The molecule has 0 aliphatic carbocycles. The molecule has 128 valence electrons. The molecule has 0 spiro atoms. The number of hydrogen-bond acceptors (Lipinski definition) is 4. The van der Waals surface area contributed by atoms with Gasteiger partial charge in [-0.15, -0.1) is 0 Å². The van der Waals surface area contributed by atoms with Gasteiger partial charge in [0.05, 0.1) is 28.8 Å². The first-order valence-corrected chi connectivity index (χ1v) is 9.38. The molecule has 3 aromatic rings. The highest BCUT2D eigenvalue weighted by Crippen LogP contribution is 2.38. The molecular formula is C20H18BrNO3. The molecule has 1 aliphatic heterocycles. The van der Waals surface area contributed by atoms with Gasteiger partial charge in [0.1, 0.15) is 11.8 Å². The van der Waals surface area contributed by atoms with Crippen molar-refractivity contribution >= 4 is 32.6 Å². The van der Waals surface area contributed by atoms with Crippen molar-refractivity contribution in [2.75, 3.05) is 10.4 Å². The van der Waals surface area contributed by atoms with E-state index in [2.05, 4.69) is 15.9 Å². The molecule has 2 unspecified atom stereocenters. The summed E-state index contributed by atoms with van der Waals surface area (Å²) < 4.78 is 5.71. The fourth-order valence-corrected chi connectivity index (χ4v) is 3.60. The minimum atomic E-state index is -0.175. The Morgan fingerprint density at radius 3 is 2.68 bits per heavy atom. The standard InChI is InChI=1S/C20H18BrNO3/c1-13-6-8-14(9-7-13)22-18(10-15(11-21)25-22)17-12-24-19-5-3-2-4-16(19)20(17)23/h2-9,12,15,18H,10-11H2,1H3. The lowest BCUT2D eigenvalue weighted by molar-refractivity contribution is 0.0995. The van der Waals surface area contributed by atoms with Crippen LogP contribution in [0, 0.1) is 6.92 Å². The zero-order valence-corrected chi connectivity index (χ0v) is 15.4. The Hall–Kier alpha value is -2.11. The predicted octanol–water partition coefficient (Wildman–Crippen LogP) is 4.75. The van der Waals surface area contributed by atoms with Crippen molar-refractivity contribution in [3.63, 3.8) is 0 Å². The van der Waals surface area contributed by atoms with Crippen LogP contribution in [0.4, 0.5) is 5.69 Å². The van der Waals surface area contributed by atoms with Gasteiger partial charge in [0.25, 0.3) is 0 Å². The lowest BCUT2D eigenvalue weighted by Gasteiger charge is -2.24. The Morgan fingerprint density at radius 1 is 1.16 bits per heavy atom. The first-order valence-electron chi connectivity index (χ1n) is 8.26. The molecule has 1 fully saturated rings. The molecule has 4 nitrogen and oxygen atoms in total. The van der Waals surface area contributed by atoms with E-state index in [9.17, 15) is 4.79 Å². The van der Waals surface area contributed by atoms with Crippen LogP contribution in [0.15, 0.2) is 64.0 Å². The van der Waals surface area contributed by atoms with Gasteiger partial charge in [-0.25, -0.2) is 5.06 Å². The van der Waals surface area contributed by atoms with Crippen molar-refractivity contribution in [1.29, 1.82) is 0 Å². The molecule has 2 heterocycles. The van der Waals surface area contributed by atoms with Crippen molar-refractivity contribution < 1.29 is 9.25 Å². The molecule has 0 bridgehead atoms. The van der Waals surface area contributed by atoms with E-state index in [0.29, 0.717) is 21.9 Å². The Labute approximate surface area is 154 Å². The van der Waals surface area contributed by atoms with Gasteiger partial charge >= 0.3 is 0 Å². The molecular weight excluding hydrogens is 382 g/mol. The van der Waals surface area contributed by atoms with Crippen molar-refractivity contribution in [3.05, 3.63) is 76.1 Å². The molecule has 0 saturated carbocycles. The molecule has 0 amide bonds. The largest absolute Gasteiger partial charge is 0.464 e. The summed E-state index contributed by atoms with van der Waals surface area (Å²) in [6.07, 6.45) is 2.32. The van der Waals surface area contributed by atoms with Crippen LogP contribution in [-0.2, 0) is 4.84 Å². The quantitative estimate of drug-likeness (QED) is 0.596. The number of anilines is 1. The summed E-state index contributed by atoms with van der Waals surface area (Å²) in [6, 6.07) is 15.3. The minimum absolute atomic E-state index is 0.00258. The fourth-order valence-electron chi connectivity index (χ4n) is 3.22. The summed E-state index contributed by atoms with van der Waals surface area (Å²) in [7, 11) is 0. The lowest BCUT2D eigenvalue weighted by atomic mass is 10.0. The number of hydrogen-bond donors (Lipinski definition) is 0. The second-order valence-electron chi connectivity index (χ2n) is 6.31. The van der Waals surface area contributed by atoms with E-state index in [-0.39, 0.29) is 17.6 Å². The van der Waals surface area contributed by atoms with E-state index < -0.39 is 0 Å². The molecule has 0 radical (unpaired) electrons. The zero-order chi connectivity index (χ0) is 17.4. The number of aryl methyl sites for hydroxylation is 1. The highest BCUT2D eigenvalue weighted by atomic mass is 79.9. The topological polar surface area (TPSA) is 42.7 Å². The highest BCUT2D eigenvalue weighted by Gasteiger charge is 2.36. The number of alkyl halides is 1. The maximum atomic E-state index is 13.0. The number of rotatable bonds is 3. The predicted molar refractivity (Wildman–Crippen MR) is 102 cm³/mol. The van der Waals surface area contributed by atoms with Gasteiger partial charge in [0.2, 0.25) is 0 Å². The molecule has 1 aromatic heterocycles. The van der Waals surface area contributed by atoms with E-state index in [1.165, 1.54) is 5.56 Å². The van der Waals surface area contributed by atoms with Gasteiger partial charge in [-0.2, -0.15) is 0 Å². The van der Waals surface area contributed by atoms with E-state index in [4.69, 9.17) is 9.25 Å². The van der Waals surface area contributed by atoms with E-state index in [1.807, 2.05) is 54.5 Å². The molecule has 2 aromatic carbocycles. The maximum Gasteiger partial charge on any atom is 0.198 e. The number of halogens is 1. The van der Waals surface area contributed by atoms with Crippen molar-refractivity contribution in [1.82, 2.24) is 0 Å². The second-order valence-corrected chi connectivity index (χ2v) is 6.96. The average Bonchev–Trinajstić information content (AvgIpc) is 3.07. The normalized spacial score (nSPS) is 20.3. The van der Waals surface area contributed by atoms with Crippen molar-refractivity contribution in [3.8, 4) is 0 Å². The van der Waals surface area contributed by atoms with Crippen LogP contribution in [0.1, 0.15) is 23.6 Å². The summed E-state index contributed by atoms with van der Waals surface area (Å²) in [5.74, 6) is 0.